The molecular weight excluding hydrogens is 184 g/mol. The van der Waals surface area contributed by atoms with Crippen molar-refractivity contribution in [1.82, 2.24) is 0 Å². The molecule has 0 aromatic rings. The van der Waals surface area contributed by atoms with Crippen LogP contribution in [0.1, 0.15) is 58.3 Å². The molecule has 1 fully saturated rings. The van der Waals surface area contributed by atoms with E-state index in [9.17, 15) is 5.11 Å². The fourth-order valence-corrected chi connectivity index (χ4v) is 2.69. The lowest BCUT2D eigenvalue weighted by molar-refractivity contribution is 0.0464. The minimum atomic E-state index is -0.130. The fourth-order valence-electron chi connectivity index (χ4n) is 2.69. The summed E-state index contributed by atoms with van der Waals surface area (Å²) in [7, 11) is 0. The second kappa shape index (κ2) is 7.05. The van der Waals surface area contributed by atoms with E-state index >= 15 is 0 Å². The van der Waals surface area contributed by atoms with Gasteiger partial charge >= 0.3 is 0 Å². The lowest BCUT2D eigenvalue weighted by atomic mass is 9.79. The molecule has 1 aliphatic carbocycles. The molecule has 1 aliphatic rings. The zero-order chi connectivity index (χ0) is 11.1. The first kappa shape index (κ1) is 12.8. The minimum Gasteiger partial charge on any atom is -0.392 e. The molecule has 0 aromatic carbocycles. The van der Waals surface area contributed by atoms with E-state index in [1.807, 2.05) is 6.08 Å². The van der Waals surface area contributed by atoms with Gasteiger partial charge in [0.15, 0.2) is 0 Å². The van der Waals surface area contributed by atoms with Crippen molar-refractivity contribution in [3.05, 3.63) is 12.7 Å². The molecule has 0 heterocycles. The Balaban J connectivity index is 2.39. The summed E-state index contributed by atoms with van der Waals surface area (Å²) >= 11 is 0. The van der Waals surface area contributed by atoms with Crippen LogP contribution in [0.15, 0.2) is 12.7 Å². The normalized spacial score (nSPS) is 22.3. The summed E-state index contributed by atoms with van der Waals surface area (Å²) in [6, 6.07) is 0. The van der Waals surface area contributed by atoms with E-state index < -0.39 is 0 Å². The van der Waals surface area contributed by atoms with E-state index in [1.165, 1.54) is 44.9 Å². The van der Waals surface area contributed by atoms with Crippen molar-refractivity contribution in [2.45, 2.75) is 64.4 Å². The van der Waals surface area contributed by atoms with Gasteiger partial charge in [-0.05, 0) is 25.2 Å². The Labute approximate surface area is 94.6 Å². The highest BCUT2D eigenvalue weighted by atomic mass is 16.3. The Hall–Kier alpha value is -0.300. The van der Waals surface area contributed by atoms with Crippen LogP contribution in [0.3, 0.4) is 0 Å². The summed E-state index contributed by atoms with van der Waals surface area (Å²) in [6.45, 7) is 6.07. The maximum atomic E-state index is 10.3. The van der Waals surface area contributed by atoms with E-state index in [1.54, 1.807) is 0 Å². The van der Waals surface area contributed by atoms with E-state index in [4.69, 9.17) is 0 Å². The average molecular weight is 210 g/mol. The maximum Gasteiger partial charge on any atom is 0.0630 e. The van der Waals surface area contributed by atoms with Crippen molar-refractivity contribution in [2.24, 2.45) is 11.8 Å². The summed E-state index contributed by atoms with van der Waals surface area (Å²) in [4.78, 5) is 0. The molecule has 0 unspecified atom stereocenters. The Morgan fingerprint density at radius 3 is 2.53 bits per heavy atom. The van der Waals surface area contributed by atoms with Crippen LogP contribution in [0, 0.1) is 11.8 Å². The molecule has 1 saturated carbocycles. The van der Waals surface area contributed by atoms with Crippen LogP contribution in [0.5, 0.6) is 0 Å². The lowest BCUT2D eigenvalue weighted by Gasteiger charge is -2.30. The predicted octanol–water partition coefficient (Wildman–Crippen LogP) is 3.92. The van der Waals surface area contributed by atoms with Crippen molar-refractivity contribution in [2.75, 3.05) is 0 Å². The number of aliphatic hydroxyl groups is 1. The van der Waals surface area contributed by atoms with Crippen LogP contribution in [0.25, 0.3) is 0 Å². The third-order valence-electron chi connectivity index (χ3n) is 3.77. The van der Waals surface area contributed by atoms with Gasteiger partial charge in [-0.2, -0.15) is 0 Å². The summed E-state index contributed by atoms with van der Waals surface area (Å²) in [6.07, 6.45) is 11.8. The molecule has 15 heavy (non-hydrogen) atoms. The molecule has 0 aromatic heterocycles. The Bertz CT molecular complexity index is 170. The van der Waals surface area contributed by atoms with Crippen molar-refractivity contribution >= 4 is 0 Å². The molecule has 1 nitrogen and oxygen atoms in total. The number of hydrogen-bond donors (Lipinski definition) is 1. The van der Waals surface area contributed by atoms with Crippen LogP contribution in [-0.2, 0) is 0 Å². The van der Waals surface area contributed by atoms with Crippen LogP contribution in [0.4, 0.5) is 0 Å². The van der Waals surface area contributed by atoms with Gasteiger partial charge in [-0.1, -0.05) is 45.1 Å². The molecule has 0 bridgehead atoms. The average Bonchev–Trinajstić information content (AvgIpc) is 2.31. The van der Waals surface area contributed by atoms with Crippen LogP contribution in [-0.4, -0.2) is 11.2 Å². The van der Waals surface area contributed by atoms with E-state index in [2.05, 4.69) is 13.5 Å². The quantitative estimate of drug-likeness (QED) is 0.659. The zero-order valence-electron chi connectivity index (χ0n) is 10.1. The first-order valence-electron chi connectivity index (χ1n) is 6.60. The van der Waals surface area contributed by atoms with Gasteiger partial charge in [0.25, 0.3) is 0 Å². The monoisotopic (exact) mass is 210 g/mol. The van der Waals surface area contributed by atoms with Gasteiger partial charge in [0.1, 0.15) is 0 Å². The first-order valence-corrected chi connectivity index (χ1v) is 6.60. The highest BCUT2D eigenvalue weighted by Crippen LogP contribution is 2.31. The van der Waals surface area contributed by atoms with Gasteiger partial charge < -0.3 is 5.11 Å². The molecule has 0 spiro atoms. The van der Waals surface area contributed by atoms with Gasteiger partial charge in [0.2, 0.25) is 0 Å². The lowest BCUT2D eigenvalue weighted by Crippen LogP contribution is -2.29. The van der Waals surface area contributed by atoms with Crippen LogP contribution >= 0.6 is 0 Å². The zero-order valence-corrected chi connectivity index (χ0v) is 10.1. The third kappa shape index (κ3) is 3.98. The molecule has 88 valence electrons. The molecule has 0 amide bonds. The second-order valence-corrected chi connectivity index (χ2v) is 4.93. The summed E-state index contributed by atoms with van der Waals surface area (Å²) in [5.41, 5.74) is 0. The van der Waals surface area contributed by atoms with Crippen molar-refractivity contribution in [3.63, 3.8) is 0 Å². The Morgan fingerprint density at radius 2 is 2.00 bits per heavy atom. The van der Waals surface area contributed by atoms with E-state index in [0.29, 0.717) is 11.8 Å². The van der Waals surface area contributed by atoms with Gasteiger partial charge in [0.05, 0.1) is 6.10 Å². The molecule has 0 saturated heterocycles. The summed E-state index contributed by atoms with van der Waals surface area (Å²) in [5.74, 6) is 0.867. The first-order chi connectivity index (χ1) is 7.29. The third-order valence-corrected chi connectivity index (χ3v) is 3.77. The second-order valence-electron chi connectivity index (χ2n) is 4.93. The maximum absolute atomic E-state index is 10.3. The minimum absolute atomic E-state index is 0.130. The number of aliphatic hydroxyl groups excluding tert-OH is 1. The van der Waals surface area contributed by atoms with Gasteiger partial charge in [-0.3, -0.25) is 0 Å². The topological polar surface area (TPSA) is 20.2 Å². The van der Waals surface area contributed by atoms with Crippen molar-refractivity contribution in [3.8, 4) is 0 Å². The molecule has 2 atom stereocenters. The molecular formula is C14H26O. The number of hydrogen-bond acceptors (Lipinski definition) is 1. The molecule has 0 radical (unpaired) electrons. The SMILES string of the molecule is C=C[C@@H](CCCC)[C@@H](O)C1CCCCC1. The van der Waals surface area contributed by atoms with E-state index in [0.717, 1.165) is 6.42 Å². The highest BCUT2D eigenvalue weighted by Gasteiger charge is 2.26. The standard InChI is InChI=1S/C14H26O/c1-3-5-9-12(4-2)14(15)13-10-7-6-8-11-13/h4,12-15H,2-3,5-11H2,1H3/t12-,14+/m0/s1. The number of rotatable bonds is 6. The number of unbranched alkanes of at least 4 members (excludes halogenated alkanes) is 1. The fraction of sp³-hybridized carbons (Fsp3) is 0.857. The summed E-state index contributed by atoms with van der Waals surface area (Å²) in [5, 5.41) is 10.3. The van der Waals surface area contributed by atoms with Gasteiger partial charge in [-0.15, -0.1) is 6.58 Å². The van der Waals surface area contributed by atoms with Crippen molar-refractivity contribution < 1.29 is 5.11 Å². The van der Waals surface area contributed by atoms with Crippen LogP contribution in [0.2, 0.25) is 0 Å². The molecule has 0 aliphatic heterocycles. The van der Waals surface area contributed by atoms with Gasteiger partial charge in [-0.25, -0.2) is 0 Å². The largest absolute Gasteiger partial charge is 0.392 e. The molecule has 1 N–H and O–H groups in total. The Kier molecular flexibility index (Phi) is 6.00. The Morgan fingerprint density at radius 1 is 1.33 bits per heavy atom. The summed E-state index contributed by atoms with van der Waals surface area (Å²) < 4.78 is 0. The predicted molar refractivity (Wildman–Crippen MR) is 65.8 cm³/mol. The van der Waals surface area contributed by atoms with Gasteiger partial charge in [0, 0.05) is 5.92 Å². The smallest absolute Gasteiger partial charge is 0.0630 e. The molecule has 1 rings (SSSR count). The highest BCUT2D eigenvalue weighted by molar-refractivity contribution is 4.88. The van der Waals surface area contributed by atoms with E-state index in [-0.39, 0.29) is 6.10 Å². The van der Waals surface area contributed by atoms with Crippen LogP contribution < -0.4 is 0 Å². The van der Waals surface area contributed by atoms with Crippen molar-refractivity contribution in [1.29, 1.82) is 0 Å². The molecule has 1 heteroatoms.